The van der Waals surface area contributed by atoms with Crippen LogP contribution in [-0.4, -0.2) is 64.7 Å². The topological polar surface area (TPSA) is 81.1 Å². The van der Waals surface area contributed by atoms with E-state index in [-0.39, 0.29) is 18.8 Å². The summed E-state index contributed by atoms with van der Waals surface area (Å²) in [5.74, 6) is -2.19. The van der Waals surface area contributed by atoms with Gasteiger partial charge in [-0.05, 0) is 11.5 Å². The van der Waals surface area contributed by atoms with Crippen LogP contribution in [0.4, 0.5) is 0 Å². The molecule has 1 aromatic rings. The molecule has 0 saturated carbocycles. The molecule has 1 saturated heterocycles. The standard InChI is InChI=1S/C17H24N2O4/c20-16(21)10-15(11-17(22)23)13-19-8-6-18(7-9-19)12-14-4-2-1-3-5-14/h1-5,15H,6-13H2,(H,20,21)(H,22,23). The van der Waals surface area contributed by atoms with E-state index >= 15 is 0 Å². The molecule has 1 fully saturated rings. The van der Waals surface area contributed by atoms with E-state index in [1.165, 1.54) is 5.56 Å². The van der Waals surface area contributed by atoms with Crippen LogP contribution in [0.5, 0.6) is 0 Å². The van der Waals surface area contributed by atoms with Gasteiger partial charge in [-0.1, -0.05) is 30.3 Å². The summed E-state index contributed by atoms with van der Waals surface area (Å²) < 4.78 is 0. The average molecular weight is 320 g/mol. The van der Waals surface area contributed by atoms with Crippen LogP contribution < -0.4 is 0 Å². The Morgan fingerprint density at radius 2 is 1.43 bits per heavy atom. The lowest BCUT2D eigenvalue weighted by atomic mass is 10.0. The monoisotopic (exact) mass is 320 g/mol. The van der Waals surface area contributed by atoms with Gasteiger partial charge in [-0.25, -0.2) is 0 Å². The predicted molar refractivity (Wildman–Crippen MR) is 86.2 cm³/mol. The Morgan fingerprint density at radius 3 is 1.96 bits per heavy atom. The van der Waals surface area contributed by atoms with Gasteiger partial charge in [-0.2, -0.15) is 0 Å². The second kappa shape index (κ2) is 8.64. The zero-order valence-corrected chi connectivity index (χ0v) is 13.2. The van der Waals surface area contributed by atoms with Crippen molar-refractivity contribution in [3.05, 3.63) is 35.9 Å². The molecule has 2 rings (SSSR count). The maximum absolute atomic E-state index is 10.9. The Bertz CT molecular complexity index is 497. The van der Waals surface area contributed by atoms with Crippen LogP contribution in [0.3, 0.4) is 0 Å². The van der Waals surface area contributed by atoms with Gasteiger partial charge in [-0.15, -0.1) is 0 Å². The summed E-state index contributed by atoms with van der Waals surface area (Å²) in [7, 11) is 0. The van der Waals surface area contributed by atoms with E-state index in [2.05, 4.69) is 21.9 Å². The molecule has 1 aromatic carbocycles. The maximum Gasteiger partial charge on any atom is 0.303 e. The number of hydrogen-bond acceptors (Lipinski definition) is 4. The second-order valence-corrected chi connectivity index (χ2v) is 6.12. The lowest BCUT2D eigenvalue weighted by Gasteiger charge is -2.36. The highest BCUT2D eigenvalue weighted by molar-refractivity contribution is 5.70. The molecule has 1 aliphatic rings. The molecule has 0 radical (unpaired) electrons. The smallest absolute Gasteiger partial charge is 0.303 e. The number of nitrogens with zero attached hydrogens (tertiary/aromatic N) is 2. The number of benzene rings is 1. The number of carboxylic acids is 2. The van der Waals surface area contributed by atoms with Gasteiger partial charge in [0.2, 0.25) is 0 Å². The Labute approximate surface area is 136 Å². The van der Waals surface area contributed by atoms with Crippen molar-refractivity contribution in [3.8, 4) is 0 Å². The van der Waals surface area contributed by atoms with Gasteiger partial charge in [0.05, 0.1) is 0 Å². The number of rotatable bonds is 8. The largest absolute Gasteiger partial charge is 0.481 e. The minimum atomic E-state index is -0.932. The molecule has 0 aliphatic carbocycles. The molecular weight excluding hydrogens is 296 g/mol. The van der Waals surface area contributed by atoms with E-state index in [0.717, 1.165) is 32.7 Å². The first-order chi connectivity index (χ1) is 11.0. The molecule has 0 bridgehead atoms. The minimum Gasteiger partial charge on any atom is -0.481 e. The van der Waals surface area contributed by atoms with Crippen molar-refractivity contribution < 1.29 is 19.8 Å². The summed E-state index contributed by atoms with van der Waals surface area (Å²) in [6, 6.07) is 10.3. The van der Waals surface area contributed by atoms with Crippen LogP contribution in [0.25, 0.3) is 0 Å². The third-order valence-corrected chi connectivity index (χ3v) is 4.16. The van der Waals surface area contributed by atoms with E-state index in [1.807, 2.05) is 18.2 Å². The van der Waals surface area contributed by atoms with Crippen molar-refractivity contribution in [1.82, 2.24) is 9.80 Å². The van der Waals surface area contributed by atoms with Crippen molar-refractivity contribution in [3.63, 3.8) is 0 Å². The average Bonchev–Trinajstić information content (AvgIpc) is 2.49. The molecule has 23 heavy (non-hydrogen) atoms. The molecule has 0 aromatic heterocycles. The summed E-state index contributed by atoms with van der Waals surface area (Å²) in [5.41, 5.74) is 1.29. The number of carboxylic acid groups (broad SMARTS) is 2. The van der Waals surface area contributed by atoms with Crippen molar-refractivity contribution >= 4 is 11.9 Å². The van der Waals surface area contributed by atoms with Gasteiger partial charge in [0, 0.05) is 52.1 Å². The predicted octanol–water partition coefficient (Wildman–Crippen LogP) is 1.37. The summed E-state index contributed by atoms with van der Waals surface area (Å²) in [5, 5.41) is 17.8. The van der Waals surface area contributed by atoms with Crippen molar-refractivity contribution in [1.29, 1.82) is 0 Å². The van der Waals surface area contributed by atoms with Crippen molar-refractivity contribution in [2.24, 2.45) is 5.92 Å². The molecule has 6 heteroatoms. The summed E-state index contributed by atoms with van der Waals surface area (Å²) in [6.07, 6.45) is -0.174. The normalized spacial score (nSPS) is 16.6. The zero-order valence-electron chi connectivity index (χ0n) is 13.2. The van der Waals surface area contributed by atoms with Gasteiger partial charge in [0.25, 0.3) is 0 Å². The number of hydrogen-bond donors (Lipinski definition) is 2. The maximum atomic E-state index is 10.9. The van der Waals surface area contributed by atoms with E-state index in [0.29, 0.717) is 6.54 Å². The zero-order chi connectivity index (χ0) is 16.7. The molecule has 6 nitrogen and oxygen atoms in total. The lowest BCUT2D eigenvalue weighted by Crippen LogP contribution is -2.47. The van der Waals surface area contributed by atoms with Gasteiger partial charge >= 0.3 is 11.9 Å². The fourth-order valence-electron chi connectivity index (χ4n) is 3.03. The van der Waals surface area contributed by atoms with E-state index in [1.54, 1.807) is 0 Å². The van der Waals surface area contributed by atoms with Gasteiger partial charge in [0.15, 0.2) is 0 Å². The Morgan fingerprint density at radius 1 is 0.913 bits per heavy atom. The van der Waals surface area contributed by atoms with E-state index in [4.69, 9.17) is 10.2 Å². The van der Waals surface area contributed by atoms with Crippen molar-refractivity contribution in [2.45, 2.75) is 19.4 Å². The first-order valence-corrected chi connectivity index (χ1v) is 7.95. The van der Waals surface area contributed by atoms with Crippen LogP contribution in [0.2, 0.25) is 0 Å². The van der Waals surface area contributed by atoms with Crippen LogP contribution in [0.15, 0.2) is 30.3 Å². The Hall–Kier alpha value is -1.92. The molecule has 0 amide bonds. The van der Waals surface area contributed by atoms with Gasteiger partial charge < -0.3 is 15.1 Å². The first-order valence-electron chi connectivity index (χ1n) is 7.95. The molecule has 0 spiro atoms. The Balaban J connectivity index is 1.78. The molecule has 0 unspecified atom stereocenters. The van der Waals surface area contributed by atoms with E-state index in [9.17, 15) is 9.59 Å². The SMILES string of the molecule is O=C(O)CC(CC(=O)O)CN1CCN(Cc2ccccc2)CC1. The number of aliphatic carboxylic acids is 2. The van der Waals surface area contributed by atoms with Crippen LogP contribution >= 0.6 is 0 Å². The second-order valence-electron chi connectivity index (χ2n) is 6.12. The van der Waals surface area contributed by atoms with Crippen molar-refractivity contribution in [2.75, 3.05) is 32.7 Å². The summed E-state index contributed by atoms with van der Waals surface area (Å²) in [4.78, 5) is 26.3. The lowest BCUT2D eigenvalue weighted by molar-refractivity contribution is -0.140. The molecule has 1 heterocycles. The van der Waals surface area contributed by atoms with Gasteiger partial charge in [0.1, 0.15) is 0 Å². The third-order valence-electron chi connectivity index (χ3n) is 4.16. The Kier molecular flexibility index (Phi) is 6.55. The molecule has 126 valence electrons. The molecule has 0 atom stereocenters. The first kappa shape index (κ1) is 17.4. The number of carbonyl (C=O) groups is 2. The highest BCUT2D eigenvalue weighted by atomic mass is 16.4. The van der Waals surface area contributed by atoms with Crippen LogP contribution in [-0.2, 0) is 16.1 Å². The highest BCUT2D eigenvalue weighted by Crippen LogP contribution is 2.14. The number of piperazine rings is 1. The minimum absolute atomic E-state index is 0.0868. The van der Waals surface area contributed by atoms with Crippen LogP contribution in [0.1, 0.15) is 18.4 Å². The third kappa shape index (κ3) is 6.38. The summed E-state index contributed by atoms with van der Waals surface area (Å²) in [6.45, 7) is 4.99. The van der Waals surface area contributed by atoms with Gasteiger partial charge in [-0.3, -0.25) is 14.5 Å². The fourth-order valence-corrected chi connectivity index (χ4v) is 3.03. The fraction of sp³-hybridized carbons (Fsp3) is 0.529. The molecule has 2 N–H and O–H groups in total. The molecule has 1 aliphatic heterocycles. The summed E-state index contributed by atoms with van der Waals surface area (Å²) >= 11 is 0. The van der Waals surface area contributed by atoms with Crippen LogP contribution in [0, 0.1) is 5.92 Å². The van der Waals surface area contributed by atoms with E-state index < -0.39 is 11.9 Å². The quantitative estimate of drug-likeness (QED) is 0.753. The highest BCUT2D eigenvalue weighted by Gasteiger charge is 2.23. The molecular formula is C17H24N2O4.